The van der Waals surface area contributed by atoms with Gasteiger partial charge in [-0.25, -0.2) is 4.98 Å². The van der Waals surface area contributed by atoms with E-state index in [9.17, 15) is 4.79 Å². The molecule has 2 aromatic carbocycles. The van der Waals surface area contributed by atoms with E-state index in [4.69, 9.17) is 9.72 Å². The van der Waals surface area contributed by atoms with Gasteiger partial charge in [0.05, 0.1) is 23.4 Å². The van der Waals surface area contributed by atoms with E-state index in [0.29, 0.717) is 6.54 Å². The summed E-state index contributed by atoms with van der Waals surface area (Å²) >= 11 is 1.60. The molecule has 0 N–H and O–H groups in total. The van der Waals surface area contributed by atoms with Crippen LogP contribution in [0.25, 0.3) is 10.2 Å². The average Bonchev–Trinajstić information content (AvgIpc) is 3.15. The Kier molecular flexibility index (Phi) is 7.70. The molecule has 0 atom stereocenters. The van der Waals surface area contributed by atoms with Crippen LogP contribution >= 0.6 is 23.7 Å². The van der Waals surface area contributed by atoms with Crippen molar-refractivity contribution in [3.63, 3.8) is 0 Å². The van der Waals surface area contributed by atoms with Gasteiger partial charge in [-0.3, -0.25) is 14.6 Å². The quantitative estimate of drug-likeness (QED) is 0.542. The molecule has 1 aromatic heterocycles. The van der Waals surface area contributed by atoms with Crippen molar-refractivity contribution < 1.29 is 9.53 Å². The largest absolute Gasteiger partial charge is 0.379 e. The van der Waals surface area contributed by atoms with Gasteiger partial charge in [0.1, 0.15) is 0 Å². The van der Waals surface area contributed by atoms with Gasteiger partial charge in [-0.1, -0.05) is 34.6 Å². The number of thiazole rings is 1. The number of aryl methyl sites for hydroxylation is 4. The Labute approximate surface area is 194 Å². The van der Waals surface area contributed by atoms with E-state index in [-0.39, 0.29) is 18.3 Å². The number of ether oxygens (including phenoxy) is 1. The molecule has 1 amide bonds. The number of aromatic nitrogens is 1. The van der Waals surface area contributed by atoms with Crippen LogP contribution in [0.5, 0.6) is 0 Å². The third kappa shape index (κ3) is 5.26. The topological polar surface area (TPSA) is 45.7 Å². The van der Waals surface area contributed by atoms with Gasteiger partial charge in [0.25, 0.3) is 5.91 Å². The smallest absolute Gasteiger partial charge is 0.260 e. The van der Waals surface area contributed by atoms with Crippen LogP contribution in [0.1, 0.15) is 32.6 Å². The molecule has 4 rings (SSSR count). The number of morpholine rings is 1. The van der Waals surface area contributed by atoms with Crippen molar-refractivity contribution in [1.82, 2.24) is 9.88 Å². The standard InChI is InChI=1S/C24H29N3O2S.ClH/c1-16-13-17(2)15-20(14-16)23(28)27(8-7-26-9-11-29-12-10-26)24-25-22-19(4)18(3)5-6-21(22)30-24;/h5-6,13-15H,7-12H2,1-4H3;1H. The fourth-order valence-electron chi connectivity index (χ4n) is 3.93. The van der Waals surface area contributed by atoms with Crippen LogP contribution in [0, 0.1) is 27.7 Å². The highest BCUT2D eigenvalue weighted by Crippen LogP contribution is 2.32. The van der Waals surface area contributed by atoms with Crippen LogP contribution in [0.4, 0.5) is 5.13 Å². The molecular formula is C24H30ClN3O2S. The number of carbonyl (C=O) groups is 1. The Bertz CT molecular complexity index is 1060. The number of anilines is 1. The van der Waals surface area contributed by atoms with Gasteiger partial charge in [-0.05, 0) is 57.0 Å². The van der Waals surface area contributed by atoms with Gasteiger partial charge in [-0.15, -0.1) is 12.4 Å². The molecule has 0 unspecified atom stereocenters. The molecule has 0 bridgehead atoms. The SMILES string of the molecule is Cc1cc(C)cc(C(=O)N(CCN2CCOCC2)c2nc3c(C)c(C)ccc3s2)c1.Cl. The van der Waals surface area contributed by atoms with Crippen molar-refractivity contribution in [2.75, 3.05) is 44.3 Å². The van der Waals surface area contributed by atoms with Crippen LogP contribution in [-0.2, 0) is 4.74 Å². The Morgan fingerprint density at radius 3 is 2.45 bits per heavy atom. The van der Waals surface area contributed by atoms with E-state index in [1.54, 1.807) is 11.3 Å². The molecule has 1 saturated heterocycles. The number of halogens is 1. The number of fused-ring (bicyclic) bond motifs is 1. The summed E-state index contributed by atoms with van der Waals surface area (Å²) in [5, 5.41) is 0.774. The second-order valence-electron chi connectivity index (χ2n) is 8.14. The predicted molar refractivity (Wildman–Crippen MR) is 131 cm³/mol. The molecule has 1 aliphatic rings. The molecule has 0 saturated carbocycles. The molecule has 5 nitrogen and oxygen atoms in total. The lowest BCUT2D eigenvalue weighted by Crippen LogP contribution is -2.43. The summed E-state index contributed by atoms with van der Waals surface area (Å²) in [6, 6.07) is 10.3. The molecule has 1 aliphatic heterocycles. The average molecular weight is 460 g/mol. The summed E-state index contributed by atoms with van der Waals surface area (Å²) in [6.07, 6.45) is 0. The number of carbonyl (C=O) groups excluding carboxylic acids is 1. The first-order valence-electron chi connectivity index (χ1n) is 10.5. The zero-order chi connectivity index (χ0) is 21.3. The van der Waals surface area contributed by atoms with Crippen molar-refractivity contribution >= 4 is 45.0 Å². The fourth-order valence-corrected chi connectivity index (χ4v) is 4.98. The molecule has 7 heteroatoms. The Morgan fingerprint density at radius 2 is 1.77 bits per heavy atom. The first-order chi connectivity index (χ1) is 14.4. The predicted octanol–water partition coefficient (Wildman–Crippen LogP) is 4.93. The van der Waals surface area contributed by atoms with E-state index < -0.39 is 0 Å². The second kappa shape index (κ2) is 10.1. The van der Waals surface area contributed by atoms with Gasteiger partial charge < -0.3 is 4.74 Å². The van der Waals surface area contributed by atoms with Crippen LogP contribution in [-0.4, -0.2) is 55.2 Å². The van der Waals surface area contributed by atoms with E-state index >= 15 is 0 Å². The minimum Gasteiger partial charge on any atom is -0.379 e. The van der Waals surface area contributed by atoms with Crippen LogP contribution in [0.15, 0.2) is 30.3 Å². The number of hydrogen-bond donors (Lipinski definition) is 0. The van der Waals surface area contributed by atoms with E-state index in [1.165, 1.54) is 11.1 Å². The highest BCUT2D eigenvalue weighted by molar-refractivity contribution is 7.22. The van der Waals surface area contributed by atoms with E-state index in [2.05, 4.69) is 36.9 Å². The molecular weight excluding hydrogens is 430 g/mol. The van der Waals surface area contributed by atoms with Crippen molar-refractivity contribution in [3.8, 4) is 0 Å². The van der Waals surface area contributed by atoms with Crippen molar-refractivity contribution in [3.05, 3.63) is 58.1 Å². The maximum atomic E-state index is 13.6. The van der Waals surface area contributed by atoms with Crippen molar-refractivity contribution in [2.24, 2.45) is 0 Å². The van der Waals surface area contributed by atoms with Crippen molar-refractivity contribution in [2.45, 2.75) is 27.7 Å². The highest BCUT2D eigenvalue weighted by atomic mass is 35.5. The van der Waals surface area contributed by atoms with E-state index in [1.807, 2.05) is 30.9 Å². The number of hydrogen-bond acceptors (Lipinski definition) is 5. The van der Waals surface area contributed by atoms with E-state index in [0.717, 1.165) is 64.9 Å². The molecule has 0 radical (unpaired) electrons. The molecule has 1 fully saturated rings. The third-order valence-electron chi connectivity index (χ3n) is 5.76. The highest BCUT2D eigenvalue weighted by Gasteiger charge is 2.23. The van der Waals surface area contributed by atoms with Crippen molar-refractivity contribution in [1.29, 1.82) is 0 Å². The second-order valence-corrected chi connectivity index (χ2v) is 9.15. The molecule has 2 heterocycles. The first-order valence-corrected chi connectivity index (χ1v) is 11.3. The maximum absolute atomic E-state index is 13.6. The Hall–Kier alpha value is -1.99. The first kappa shape index (κ1) is 23.7. The molecule has 0 spiro atoms. The van der Waals surface area contributed by atoms with Gasteiger partial charge in [0.15, 0.2) is 5.13 Å². The Balaban J connectivity index is 0.00000272. The third-order valence-corrected chi connectivity index (χ3v) is 6.81. The lowest BCUT2D eigenvalue weighted by Gasteiger charge is -2.29. The molecule has 166 valence electrons. The summed E-state index contributed by atoms with van der Waals surface area (Å²) in [4.78, 5) is 22.7. The van der Waals surface area contributed by atoms with Gasteiger partial charge in [0.2, 0.25) is 0 Å². The molecule has 31 heavy (non-hydrogen) atoms. The summed E-state index contributed by atoms with van der Waals surface area (Å²) in [5.41, 5.74) is 6.33. The monoisotopic (exact) mass is 459 g/mol. The normalized spacial score (nSPS) is 14.5. The number of amides is 1. The molecule has 3 aromatic rings. The molecule has 0 aliphatic carbocycles. The van der Waals surface area contributed by atoms with Crippen LogP contribution in [0.2, 0.25) is 0 Å². The zero-order valence-corrected chi connectivity index (χ0v) is 20.2. The van der Waals surface area contributed by atoms with Crippen LogP contribution in [0.3, 0.4) is 0 Å². The van der Waals surface area contributed by atoms with Gasteiger partial charge >= 0.3 is 0 Å². The number of rotatable bonds is 5. The van der Waals surface area contributed by atoms with Crippen LogP contribution < -0.4 is 4.90 Å². The number of benzene rings is 2. The lowest BCUT2D eigenvalue weighted by atomic mass is 10.1. The number of nitrogens with zero attached hydrogens (tertiary/aromatic N) is 3. The summed E-state index contributed by atoms with van der Waals surface area (Å²) in [7, 11) is 0. The minimum atomic E-state index is 0. The summed E-state index contributed by atoms with van der Waals surface area (Å²) < 4.78 is 6.59. The summed E-state index contributed by atoms with van der Waals surface area (Å²) in [5.74, 6) is 0.0171. The minimum absolute atomic E-state index is 0. The Morgan fingerprint density at radius 1 is 1.10 bits per heavy atom. The van der Waals surface area contributed by atoms with Gasteiger partial charge in [-0.2, -0.15) is 0 Å². The summed E-state index contributed by atoms with van der Waals surface area (Å²) in [6.45, 7) is 13.0. The fraction of sp³-hybridized carbons (Fsp3) is 0.417. The lowest BCUT2D eigenvalue weighted by molar-refractivity contribution is 0.0391. The maximum Gasteiger partial charge on any atom is 0.260 e. The van der Waals surface area contributed by atoms with Gasteiger partial charge in [0, 0.05) is 31.7 Å². The zero-order valence-electron chi connectivity index (χ0n) is 18.6.